The number of hydrogen-bond donors (Lipinski definition) is 0. The number of benzene rings is 1. The molecule has 5 heteroatoms. The van der Waals surface area contributed by atoms with E-state index in [1.165, 1.54) is 18.7 Å². The molecule has 0 radical (unpaired) electrons. The lowest BCUT2D eigenvalue weighted by molar-refractivity contribution is -0.116. The van der Waals surface area contributed by atoms with E-state index in [2.05, 4.69) is 16.7 Å². The minimum Gasteiger partial charge on any atom is -0.491 e. The molecule has 1 saturated heterocycles. The number of hydrogen-bond acceptors (Lipinski definition) is 5. The molecule has 1 aromatic rings. The van der Waals surface area contributed by atoms with Crippen LogP contribution in [0, 0.1) is 0 Å². The number of carbonyl (C=O) groups is 1. The first kappa shape index (κ1) is 19.9. The molecule has 1 fully saturated rings. The van der Waals surface area contributed by atoms with Crippen molar-refractivity contribution < 1.29 is 14.3 Å². The number of aryl methyl sites for hydroxylation is 1. The zero-order valence-electron chi connectivity index (χ0n) is 15.7. The molecule has 1 aromatic carbocycles. The molecule has 0 saturated carbocycles. The van der Waals surface area contributed by atoms with Crippen molar-refractivity contribution in [1.29, 1.82) is 0 Å². The minimum atomic E-state index is 0.227. The van der Waals surface area contributed by atoms with Gasteiger partial charge in [-0.05, 0) is 37.6 Å². The second-order valence-electron chi connectivity index (χ2n) is 6.58. The van der Waals surface area contributed by atoms with Crippen LogP contribution >= 0.6 is 0 Å². The van der Waals surface area contributed by atoms with Gasteiger partial charge in [-0.3, -0.25) is 4.90 Å². The molecule has 0 amide bonds. The Bertz CT molecular complexity index is 496. The third kappa shape index (κ3) is 7.99. The van der Waals surface area contributed by atoms with E-state index in [1.54, 1.807) is 6.92 Å². The minimum absolute atomic E-state index is 0.227. The van der Waals surface area contributed by atoms with Gasteiger partial charge < -0.3 is 19.2 Å². The Morgan fingerprint density at radius 1 is 1.00 bits per heavy atom. The fraction of sp³-hybridized carbons (Fsp3) is 0.650. The molecule has 2 rings (SSSR count). The van der Waals surface area contributed by atoms with E-state index in [1.807, 2.05) is 24.3 Å². The van der Waals surface area contributed by atoms with Crippen molar-refractivity contribution in [3.05, 3.63) is 29.8 Å². The monoisotopic (exact) mass is 348 g/mol. The number of ketones is 1. The second kappa shape index (κ2) is 11.2. The van der Waals surface area contributed by atoms with Crippen molar-refractivity contribution in [3.63, 3.8) is 0 Å². The van der Waals surface area contributed by atoms with Crippen molar-refractivity contribution in [2.45, 2.75) is 26.7 Å². The van der Waals surface area contributed by atoms with Crippen molar-refractivity contribution in [2.24, 2.45) is 0 Å². The molecule has 0 atom stereocenters. The Labute approximate surface area is 151 Å². The molecule has 0 N–H and O–H groups in total. The van der Waals surface area contributed by atoms with Gasteiger partial charge in [0.1, 0.15) is 18.1 Å². The number of rotatable bonds is 11. The quantitative estimate of drug-likeness (QED) is 0.574. The lowest BCUT2D eigenvalue weighted by atomic mass is 10.1. The van der Waals surface area contributed by atoms with Gasteiger partial charge in [-0.2, -0.15) is 0 Å². The third-order valence-electron chi connectivity index (χ3n) is 4.65. The van der Waals surface area contributed by atoms with E-state index in [9.17, 15) is 4.79 Å². The Balaban J connectivity index is 1.51. The SMILES string of the molecule is CCN1CCN(CCOCCOc2ccc(CCC(C)=O)cc2)CC1. The maximum atomic E-state index is 11.0. The first-order valence-electron chi connectivity index (χ1n) is 9.41. The number of likely N-dealkylation sites (N-methyl/N-ethyl adjacent to an activating group) is 1. The van der Waals surface area contributed by atoms with Gasteiger partial charge in [0.2, 0.25) is 0 Å². The predicted octanol–water partition coefficient (Wildman–Crippen LogP) is 2.24. The zero-order chi connectivity index (χ0) is 17.9. The molecule has 0 aliphatic carbocycles. The number of piperazine rings is 1. The molecule has 0 aromatic heterocycles. The summed E-state index contributed by atoms with van der Waals surface area (Å²) in [6.45, 7) is 12.6. The average molecular weight is 348 g/mol. The van der Waals surface area contributed by atoms with Gasteiger partial charge in [-0.25, -0.2) is 0 Å². The van der Waals surface area contributed by atoms with Gasteiger partial charge in [0.15, 0.2) is 0 Å². The number of carbonyl (C=O) groups excluding carboxylic acids is 1. The topological polar surface area (TPSA) is 42.0 Å². The average Bonchev–Trinajstić information content (AvgIpc) is 2.64. The summed E-state index contributed by atoms with van der Waals surface area (Å²) in [5.74, 6) is 1.08. The van der Waals surface area contributed by atoms with E-state index >= 15 is 0 Å². The smallest absolute Gasteiger partial charge is 0.130 e. The van der Waals surface area contributed by atoms with Gasteiger partial charge in [0.05, 0.1) is 13.2 Å². The van der Waals surface area contributed by atoms with Crippen LogP contribution in [0.5, 0.6) is 5.75 Å². The zero-order valence-corrected chi connectivity index (χ0v) is 15.7. The van der Waals surface area contributed by atoms with Gasteiger partial charge >= 0.3 is 0 Å². The fourth-order valence-electron chi connectivity index (χ4n) is 2.92. The largest absolute Gasteiger partial charge is 0.491 e. The summed E-state index contributed by atoms with van der Waals surface area (Å²) in [4.78, 5) is 15.9. The van der Waals surface area contributed by atoms with Gasteiger partial charge in [-0.1, -0.05) is 19.1 Å². The van der Waals surface area contributed by atoms with E-state index < -0.39 is 0 Å². The van der Waals surface area contributed by atoms with Crippen LogP contribution in [0.15, 0.2) is 24.3 Å². The highest BCUT2D eigenvalue weighted by Gasteiger charge is 2.14. The molecule has 0 unspecified atom stereocenters. The molecule has 1 aliphatic heterocycles. The number of ether oxygens (including phenoxy) is 2. The van der Waals surface area contributed by atoms with Crippen molar-refractivity contribution in [1.82, 2.24) is 9.80 Å². The molecule has 1 aliphatic rings. The first-order valence-corrected chi connectivity index (χ1v) is 9.41. The summed E-state index contributed by atoms with van der Waals surface area (Å²) >= 11 is 0. The fourth-order valence-corrected chi connectivity index (χ4v) is 2.92. The Hall–Kier alpha value is -1.43. The highest BCUT2D eigenvalue weighted by atomic mass is 16.5. The van der Waals surface area contributed by atoms with Crippen LogP contribution in [-0.4, -0.2) is 74.7 Å². The summed E-state index contributed by atoms with van der Waals surface area (Å²) in [6, 6.07) is 7.97. The first-order chi connectivity index (χ1) is 12.2. The van der Waals surface area contributed by atoms with Gasteiger partial charge in [-0.15, -0.1) is 0 Å². The molecular weight excluding hydrogens is 316 g/mol. The summed E-state index contributed by atoms with van der Waals surface area (Å²) < 4.78 is 11.4. The second-order valence-corrected chi connectivity index (χ2v) is 6.58. The highest BCUT2D eigenvalue weighted by molar-refractivity contribution is 5.75. The summed E-state index contributed by atoms with van der Waals surface area (Å²) in [6.07, 6.45) is 1.40. The summed E-state index contributed by atoms with van der Waals surface area (Å²) in [7, 11) is 0. The normalized spacial score (nSPS) is 16.1. The van der Waals surface area contributed by atoms with Crippen LogP contribution in [0.1, 0.15) is 25.8 Å². The van der Waals surface area contributed by atoms with E-state index in [0.29, 0.717) is 19.6 Å². The van der Waals surface area contributed by atoms with Gasteiger partial charge in [0.25, 0.3) is 0 Å². The Kier molecular flexibility index (Phi) is 8.94. The highest BCUT2D eigenvalue weighted by Crippen LogP contribution is 2.13. The molecule has 140 valence electrons. The number of nitrogens with zero attached hydrogens (tertiary/aromatic N) is 2. The van der Waals surface area contributed by atoms with Crippen molar-refractivity contribution in [3.8, 4) is 5.75 Å². The van der Waals surface area contributed by atoms with Crippen LogP contribution in [0.4, 0.5) is 0 Å². The van der Waals surface area contributed by atoms with E-state index in [4.69, 9.17) is 9.47 Å². The van der Waals surface area contributed by atoms with E-state index in [-0.39, 0.29) is 5.78 Å². The Morgan fingerprint density at radius 2 is 1.68 bits per heavy atom. The van der Waals surface area contributed by atoms with Crippen LogP contribution in [0.25, 0.3) is 0 Å². The lowest BCUT2D eigenvalue weighted by Gasteiger charge is -2.33. The standard InChI is InChI=1S/C20H32N2O3/c1-3-21-10-12-22(13-11-21)14-15-24-16-17-25-20-8-6-19(7-9-20)5-4-18(2)23/h6-9H,3-5,10-17H2,1-2H3. The third-order valence-corrected chi connectivity index (χ3v) is 4.65. The van der Waals surface area contributed by atoms with Crippen molar-refractivity contribution in [2.75, 3.05) is 59.1 Å². The van der Waals surface area contributed by atoms with E-state index in [0.717, 1.165) is 45.0 Å². The van der Waals surface area contributed by atoms with Crippen LogP contribution < -0.4 is 4.74 Å². The Morgan fingerprint density at radius 3 is 2.32 bits per heavy atom. The molecule has 0 spiro atoms. The van der Waals surface area contributed by atoms with Crippen LogP contribution in [0.2, 0.25) is 0 Å². The molecule has 0 bridgehead atoms. The number of Topliss-reactive ketones (excluding diaryl/α,β-unsaturated/α-hetero) is 1. The lowest BCUT2D eigenvalue weighted by Crippen LogP contribution is -2.47. The maximum Gasteiger partial charge on any atom is 0.130 e. The van der Waals surface area contributed by atoms with Crippen LogP contribution in [-0.2, 0) is 16.0 Å². The molecular formula is C20H32N2O3. The predicted molar refractivity (Wildman–Crippen MR) is 100 cm³/mol. The maximum absolute atomic E-state index is 11.0. The molecule has 25 heavy (non-hydrogen) atoms. The summed E-state index contributed by atoms with van der Waals surface area (Å²) in [5.41, 5.74) is 1.17. The van der Waals surface area contributed by atoms with Crippen molar-refractivity contribution >= 4 is 5.78 Å². The summed E-state index contributed by atoms with van der Waals surface area (Å²) in [5, 5.41) is 0. The molecule has 1 heterocycles. The van der Waals surface area contributed by atoms with Crippen LogP contribution in [0.3, 0.4) is 0 Å². The van der Waals surface area contributed by atoms with Gasteiger partial charge in [0, 0.05) is 39.1 Å². The molecule has 5 nitrogen and oxygen atoms in total.